The molecule has 0 spiro atoms. The molecule has 29 heavy (non-hydrogen) atoms. The van der Waals surface area contributed by atoms with Gasteiger partial charge in [-0.25, -0.2) is 9.78 Å². The summed E-state index contributed by atoms with van der Waals surface area (Å²) in [5.74, 6) is 0.682. The van der Waals surface area contributed by atoms with Crippen molar-refractivity contribution in [3.63, 3.8) is 0 Å². The summed E-state index contributed by atoms with van der Waals surface area (Å²) in [6, 6.07) is 12.1. The molecule has 0 fully saturated rings. The van der Waals surface area contributed by atoms with E-state index < -0.39 is 18.5 Å². The van der Waals surface area contributed by atoms with Crippen LogP contribution in [0.3, 0.4) is 0 Å². The molecule has 0 atom stereocenters. The highest BCUT2D eigenvalue weighted by atomic mass is 32.1. The minimum absolute atomic E-state index is 0.114. The standard InChI is InChI=1S/C20H16N2O6S/c1-25-14-5-2-12(3-6-14)15-10-29-20(21-15)22-18(23)9-26-19(24)13-4-7-16-17(8-13)28-11-27-16/h2-8,10H,9,11H2,1H3,(H,21,22,23). The van der Waals surface area contributed by atoms with Crippen molar-refractivity contribution >= 4 is 28.3 Å². The summed E-state index contributed by atoms with van der Waals surface area (Å²) in [6.07, 6.45) is 0. The second-order valence-corrected chi connectivity index (χ2v) is 6.82. The molecule has 1 aliphatic heterocycles. The predicted molar refractivity (Wildman–Crippen MR) is 106 cm³/mol. The minimum atomic E-state index is -0.628. The van der Waals surface area contributed by atoms with E-state index in [0.717, 1.165) is 17.0 Å². The van der Waals surface area contributed by atoms with Crippen molar-refractivity contribution in [1.82, 2.24) is 4.98 Å². The van der Waals surface area contributed by atoms with E-state index >= 15 is 0 Å². The van der Waals surface area contributed by atoms with Crippen molar-refractivity contribution in [2.45, 2.75) is 0 Å². The zero-order valence-electron chi connectivity index (χ0n) is 15.3. The SMILES string of the molecule is COc1ccc(-c2csc(NC(=O)COC(=O)c3ccc4c(c3)OCO4)n2)cc1. The molecular weight excluding hydrogens is 396 g/mol. The number of thiazole rings is 1. The Bertz CT molecular complexity index is 1050. The van der Waals surface area contributed by atoms with Gasteiger partial charge in [-0.2, -0.15) is 0 Å². The Morgan fingerprint density at radius 2 is 1.93 bits per heavy atom. The van der Waals surface area contributed by atoms with Crippen molar-refractivity contribution < 1.29 is 28.5 Å². The van der Waals surface area contributed by atoms with Gasteiger partial charge in [-0.05, 0) is 42.5 Å². The fourth-order valence-corrected chi connectivity index (χ4v) is 3.35. The van der Waals surface area contributed by atoms with Crippen LogP contribution in [0, 0.1) is 0 Å². The Labute approximate surface area is 170 Å². The molecule has 0 saturated carbocycles. The lowest BCUT2D eigenvalue weighted by molar-refractivity contribution is -0.119. The monoisotopic (exact) mass is 412 g/mol. The molecule has 4 rings (SSSR count). The second-order valence-electron chi connectivity index (χ2n) is 5.96. The first-order chi connectivity index (χ1) is 14.1. The van der Waals surface area contributed by atoms with Gasteiger partial charge in [-0.15, -0.1) is 11.3 Å². The molecular formula is C20H16N2O6S. The van der Waals surface area contributed by atoms with Crippen molar-refractivity contribution in [3.05, 3.63) is 53.4 Å². The number of benzene rings is 2. The van der Waals surface area contributed by atoms with E-state index in [9.17, 15) is 9.59 Å². The number of carbonyl (C=O) groups is 2. The molecule has 1 aliphatic rings. The molecule has 0 unspecified atom stereocenters. The molecule has 0 aliphatic carbocycles. The number of nitrogens with one attached hydrogen (secondary N) is 1. The molecule has 0 bridgehead atoms. The van der Waals surface area contributed by atoms with Crippen LogP contribution in [0.15, 0.2) is 47.8 Å². The molecule has 148 valence electrons. The fourth-order valence-electron chi connectivity index (χ4n) is 2.62. The number of esters is 1. The van der Waals surface area contributed by atoms with Crippen LogP contribution in [-0.4, -0.2) is 37.4 Å². The number of hydrogen-bond donors (Lipinski definition) is 1. The average Bonchev–Trinajstić information content (AvgIpc) is 3.41. The maximum absolute atomic E-state index is 12.1. The van der Waals surface area contributed by atoms with Crippen LogP contribution in [0.25, 0.3) is 11.3 Å². The minimum Gasteiger partial charge on any atom is -0.497 e. The first-order valence-corrected chi connectivity index (χ1v) is 9.47. The van der Waals surface area contributed by atoms with Crippen LogP contribution in [0.2, 0.25) is 0 Å². The number of nitrogens with zero attached hydrogens (tertiary/aromatic N) is 1. The highest BCUT2D eigenvalue weighted by molar-refractivity contribution is 7.14. The third kappa shape index (κ3) is 4.30. The molecule has 2 heterocycles. The Morgan fingerprint density at radius 1 is 1.14 bits per heavy atom. The Hall–Kier alpha value is -3.59. The zero-order valence-corrected chi connectivity index (χ0v) is 16.2. The molecule has 9 heteroatoms. The van der Waals surface area contributed by atoms with Crippen LogP contribution in [0.4, 0.5) is 5.13 Å². The van der Waals surface area contributed by atoms with Gasteiger partial charge in [-0.3, -0.25) is 10.1 Å². The normalized spacial score (nSPS) is 11.8. The summed E-state index contributed by atoms with van der Waals surface area (Å²) in [5, 5.41) is 4.87. The lowest BCUT2D eigenvalue weighted by Gasteiger charge is -2.05. The molecule has 0 saturated heterocycles. The Morgan fingerprint density at radius 3 is 2.72 bits per heavy atom. The first kappa shape index (κ1) is 18.8. The molecule has 2 aromatic carbocycles. The number of carbonyl (C=O) groups excluding carboxylic acids is 2. The van der Waals surface area contributed by atoms with Gasteiger partial charge >= 0.3 is 5.97 Å². The molecule has 0 radical (unpaired) electrons. The first-order valence-electron chi connectivity index (χ1n) is 8.59. The predicted octanol–water partition coefficient (Wildman–Crippen LogP) is 3.34. The van der Waals surface area contributed by atoms with E-state index in [1.54, 1.807) is 19.2 Å². The van der Waals surface area contributed by atoms with E-state index in [4.69, 9.17) is 18.9 Å². The van der Waals surface area contributed by atoms with E-state index in [0.29, 0.717) is 16.6 Å². The number of aromatic nitrogens is 1. The number of methoxy groups -OCH3 is 1. The average molecular weight is 412 g/mol. The third-order valence-electron chi connectivity index (χ3n) is 4.08. The number of amides is 1. The molecule has 3 aromatic rings. The maximum Gasteiger partial charge on any atom is 0.338 e. The van der Waals surface area contributed by atoms with E-state index in [1.165, 1.54) is 17.4 Å². The highest BCUT2D eigenvalue weighted by Crippen LogP contribution is 2.32. The van der Waals surface area contributed by atoms with Crippen LogP contribution in [-0.2, 0) is 9.53 Å². The van der Waals surface area contributed by atoms with Gasteiger partial charge in [0.05, 0.1) is 18.4 Å². The maximum atomic E-state index is 12.1. The van der Waals surface area contributed by atoms with Gasteiger partial charge < -0.3 is 18.9 Å². The summed E-state index contributed by atoms with van der Waals surface area (Å²) in [4.78, 5) is 28.6. The van der Waals surface area contributed by atoms with Gasteiger partial charge in [0.15, 0.2) is 23.2 Å². The van der Waals surface area contributed by atoms with Gasteiger partial charge in [0.2, 0.25) is 6.79 Å². The second kappa shape index (κ2) is 8.19. The van der Waals surface area contributed by atoms with Crippen LogP contribution in [0.5, 0.6) is 17.2 Å². The number of ether oxygens (including phenoxy) is 4. The highest BCUT2D eigenvalue weighted by Gasteiger charge is 2.18. The van der Waals surface area contributed by atoms with Crippen LogP contribution in [0.1, 0.15) is 10.4 Å². The molecule has 1 N–H and O–H groups in total. The Kier molecular flexibility index (Phi) is 5.30. The van der Waals surface area contributed by atoms with Gasteiger partial charge in [-0.1, -0.05) is 0 Å². The smallest absolute Gasteiger partial charge is 0.338 e. The number of fused-ring (bicyclic) bond motifs is 1. The fraction of sp³-hybridized carbons (Fsp3) is 0.150. The lowest BCUT2D eigenvalue weighted by Crippen LogP contribution is -2.20. The van der Waals surface area contributed by atoms with E-state index in [-0.39, 0.29) is 12.4 Å². The number of hydrogen-bond acceptors (Lipinski definition) is 8. The van der Waals surface area contributed by atoms with Gasteiger partial charge in [0, 0.05) is 10.9 Å². The van der Waals surface area contributed by atoms with Gasteiger partial charge in [0.25, 0.3) is 5.91 Å². The molecule has 1 aromatic heterocycles. The molecule has 8 nitrogen and oxygen atoms in total. The van der Waals surface area contributed by atoms with Crippen LogP contribution >= 0.6 is 11.3 Å². The van der Waals surface area contributed by atoms with E-state index in [1.807, 2.05) is 29.6 Å². The third-order valence-corrected chi connectivity index (χ3v) is 4.84. The van der Waals surface area contributed by atoms with E-state index in [2.05, 4.69) is 10.3 Å². The van der Waals surface area contributed by atoms with Crippen molar-refractivity contribution in [3.8, 4) is 28.5 Å². The summed E-state index contributed by atoms with van der Waals surface area (Å²) >= 11 is 1.28. The van der Waals surface area contributed by atoms with Gasteiger partial charge in [0.1, 0.15) is 5.75 Å². The summed E-state index contributed by atoms with van der Waals surface area (Å²) in [7, 11) is 1.60. The number of rotatable bonds is 6. The summed E-state index contributed by atoms with van der Waals surface area (Å²) in [6.45, 7) is -0.312. The summed E-state index contributed by atoms with van der Waals surface area (Å²) in [5.41, 5.74) is 1.90. The topological polar surface area (TPSA) is 96.0 Å². The van der Waals surface area contributed by atoms with Crippen molar-refractivity contribution in [2.75, 3.05) is 25.8 Å². The van der Waals surface area contributed by atoms with Crippen molar-refractivity contribution in [2.24, 2.45) is 0 Å². The Balaban J connectivity index is 1.31. The summed E-state index contributed by atoms with van der Waals surface area (Å²) < 4.78 is 20.6. The lowest BCUT2D eigenvalue weighted by atomic mass is 10.2. The van der Waals surface area contributed by atoms with Crippen molar-refractivity contribution in [1.29, 1.82) is 0 Å². The largest absolute Gasteiger partial charge is 0.497 e. The quantitative estimate of drug-likeness (QED) is 0.620. The van der Waals surface area contributed by atoms with Crippen LogP contribution < -0.4 is 19.5 Å². The zero-order chi connectivity index (χ0) is 20.2. The molecule has 1 amide bonds. The number of anilines is 1.